The molecule has 2 aromatic heterocycles. The van der Waals surface area contributed by atoms with E-state index in [1.54, 1.807) is 57.2 Å². The Morgan fingerprint density at radius 3 is 2.26 bits per heavy atom. The van der Waals surface area contributed by atoms with Gasteiger partial charge in [-0.25, -0.2) is 9.59 Å². The maximum Gasteiger partial charge on any atom is 0.348 e. The number of amides is 1. The van der Waals surface area contributed by atoms with Gasteiger partial charge in [-0.3, -0.25) is 9.59 Å². The Bertz CT molecular complexity index is 1170. The van der Waals surface area contributed by atoms with Crippen molar-refractivity contribution in [2.45, 2.75) is 26.9 Å². The summed E-state index contributed by atoms with van der Waals surface area (Å²) in [6.07, 6.45) is 0.0602. The minimum absolute atomic E-state index is 0.00727. The molecule has 0 aliphatic carbocycles. The highest BCUT2D eigenvalue weighted by atomic mass is 32.1. The van der Waals surface area contributed by atoms with Crippen LogP contribution in [0.3, 0.4) is 0 Å². The fourth-order valence-electron chi connectivity index (χ4n) is 3.13. The van der Waals surface area contributed by atoms with E-state index in [4.69, 9.17) is 13.9 Å². The topological polar surface area (TPSA) is 124 Å². The highest BCUT2D eigenvalue weighted by molar-refractivity contribution is 7.18. The number of benzene rings is 1. The highest BCUT2D eigenvalue weighted by Crippen LogP contribution is 2.35. The second-order valence-corrected chi connectivity index (χ2v) is 7.98. The number of ether oxygens (including phenoxy) is 2. The molecule has 34 heavy (non-hydrogen) atoms. The Morgan fingerprint density at radius 1 is 0.971 bits per heavy atom. The Hall–Kier alpha value is -3.92. The van der Waals surface area contributed by atoms with E-state index in [1.807, 2.05) is 0 Å². The van der Waals surface area contributed by atoms with Crippen molar-refractivity contribution in [1.82, 2.24) is 5.32 Å². The fraction of sp³-hybridized carbons (Fsp3) is 0.250. The number of esters is 2. The normalized spacial score (nSPS) is 11.4. The predicted octanol–water partition coefficient (Wildman–Crippen LogP) is 4.05. The van der Waals surface area contributed by atoms with Crippen molar-refractivity contribution in [3.05, 3.63) is 76.1 Å². The summed E-state index contributed by atoms with van der Waals surface area (Å²) in [6.45, 7) is 5.19. The molecule has 0 fully saturated rings. The first-order valence-electron chi connectivity index (χ1n) is 10.5. The minimum Gasteiger partial charge on any atom is -0.462 e. The van der Waals surface area contributed by atoms with Gasteiger partial charge in [-0.1, -0.05) is 30.3 Å². The van der Waals surface area contributed by atoms with Gasteiger partial charge in [-0.15, -0.1) is 11.3 Å². The zero-order valence-corrected chi connectivity index (χ0v) is 19.7. The van der Waals surface area contributed by atoms with Crippen molar-refractivity contribution >= 4 is 40.0 Å². The van der Waals surface area contributed by atoms with Crippen LogP contribution >= 0.6 is 11.3 Å². The summed E-state index contributed by atoms with van der Waals surface area (Å²) in [5.41, 5.74) is 0.775. The average Bonchev–Trinajstić information content (AvgIpc) is 3.47. The molecular formula is C24H24N2O7S. The molecule has 2 N–H and O–H groups in total. The smallest absolute Gasteiger partial charge is 0.348 e. The summed E-state index contributed by atoms with van der Waals surface area (Å²) in [7, 11) is 0. The van der Waals surface area contributed by atoms with Gasteiger partial charge in [0.25, 0.3) is 5.91 Å². The summed E-state index contributed by atoms with van der Waals surface area (Å²) >= 11 is 0.940. The van der Waals surface area contributed by atoms with Crippen LogP contribution in [0.1, 0.15) is 60.4 Å². The molecule has 0 bridgehead atoms. The molecule has 2 heterocycles. The maximum atomic E-state index is 13.3. The van der Waals surface area contributed by atoms with Crippen LogP contribution in [0.4, 0.5) is 5.00 Å². The molecule has 0 saturated heterocycles. The lowest BCUT2D eigenvalue weighted by Crippen LogP contribution is -2.46. The molecule has 1 amide bonds. The third-order valence-corrected chi connectivity index (χ3v) is 5.91. The van der Waals surface area contributed by atoms with Gasteiger partial charge in [0.05, 0.1) is 25.0 Å². The summed E-state index contributed by atoms with van der Waals surface area (Å²) in [6, 6.07) is 11.3. The second-order valence-electron chi connectivity index (χ2n) is 6.96. The SMILES string of the molecule is CCOC(=O)c1sc(NC(NC(=O)c2ccco2)C(=O)c2ccccc2)c(C(=O)OCC)c1C. The molecule has 0 aliphatic heterocycles. The van der Waals surface area contributed by atoms with E-state index in [1.165, 1.54) is 12.3 Å². The number of carbonyl (C=O) groups is 4. The van der Waals surface area contributed by atoms with Crippen LogP contribution in [0.15, 0.2) is 53.1 Å². The molecule has 9 nitrogen and oxygen atoms in total. The molecule has 3 aromatic rings. The number of nitrogens with one attached hydrogen (secondary N) is 2. The van der Waals surface area contributed by atoms with E-state index in [0.29, 0.717) is 11.1 Å². The number of hydrogen-bond acceptors (Lipinski definition) is 9. The predicted molar refractivity (Wildman–Crippen MR) is 125 cm³/mol. The third kappa shape index (κ3) is 5.52. The van der Waals surface area contributed by atoms with Gasteiger partial charge in [0, 0.05) is 5.56 Å². The number of hydrogen-bond donors (Lipinski definition) is 2. The van der Waals surface area contributed by atoms with E-state index in [2.05, 4.69) is 10.6 Å². The molecule has 1 unspecified atom stereocenters. The summed E-state index contributed by atoms with van der Waals surface area (Å²) < 4.78 is 15.4. The van der Waals surface area contributed by atoms with Crippen LogP contribution in [-0.2, 0) is 9.47 Å². The Morgan fingerprint density at radius 2 is 1.65 bits per heavy atom. The first kappa shape index (κ1) is 24.7. The van der Waals surface area contributed by atoms with Gasteiger partial charge in [-0.2, -0.15) is 0 Å². The van der Waals surface area contributed by atoms with Crippen LogP contribution in [-0.4, -0.2) is 43.0 Å². The lowest BCUT2D eigenvalue weighted by Gasteiger charge is -2.20. The molecule has 3 rings (SSSR count). The molecule has 1 aromatic carbocycles. The van der Waals surface area contributed by atoms with Crippen molar-refractivity contribution in [2.24, 2.45) is 0 Å². The number of anilines is 1. The Kier molecular flexibility index (Phi) is 8.20. The first-order chi connectivity index (χ1) is 16.4. The first-order valence-corrected chi connectivity index (χ1v) is 11.4. The average molecular weight is 485 g/mol. The van der Waals surface area contributed by atoms with Gasteiger partial charge < -0.3 is 24.5 Å². The monoisotopic (exact) mass is 484 g/mol. The fourth-order valence-corrected chi connectivity index (χ4v) is 4.25. The number of thiophene rings is 1. The maximum absolute atomic E-state index is 13.3. The third-order valence-electron chi connectivity index (χ3n) is 4.70. The van der Waals surface area contributed by atoms with Crippen molar-refractivity contribution < 1.29 is 33.1 Å². The van der Waals surface area contributed by atoms with Crippen LogP contribution in [0, 0.1) is 6.92 Å². The largest absolute Gasteiger partial charge is 0.462 e. The zero-order valence-electron chi connectivity index (χ0n) is 18.9. The minimum atomic E-state index is -1.28. The molecule has 178 valence electrons. The van der Waals surface area contributed by atoms with Crippen molar-refractivity contribution in [2.75, 3.05) is 18.5 Å². The van der Waals surface area contributed by atoms with Crippen LogP contribution < -0.4 is 10.6 Å². The van der Waals surface area contributed by atoms with E-state index < -0.39 is 29.8 Å². The van der Waals surface area contributed by atoms with Crippen molar-refractivity contribution in [1.29, 1.82) is 0 Å². The highest BCUT2D eigenvalue weighted by Gasteiger charge is 2.30. The van der Waals surface area contributed by atoms with Crippen LogP contribution in [0.5, 0.6) is 0 Å². The van der Waals surface area contributed by atoms with Crippen molar-refractivity contribution in [3.63, 3.8) is 0 Å². The van der Waals surface area contributed by atoms with Gasteiger partial charge in [-0.05, 0) is 38.5 Å². The number of rotatable bonds is 10. The van der Waals surface area contributed by atoms with Gasteiger partial charge in [0.1, 0.15) is 9.88 Å². The Labute approximate surface area is 200 Å². The van der Waals surface area contributed by atoms with E-state index >= 15 is 0 Å². The lowest BCUT2D eigenvalue weighted by atomic mass is 10.1. The molecule has 10 heteroatoms. The van der Waals surface area contributed by atoms with E-state index in [0.717, 1.165) is 11.3 Å². The molecule has 1 atom stereocenters. The summed E-state index contributed by atoms with van der Waals surface area (Å²) in [5, 5.41) is 5.70. The molecule has 0 aliphatic rings. The quantitative estimate of drug-likeness (QED) is 0.251. The molecule has 0 spiro atoms. The summed E-state index contributed by atoms with van der Waals surface area (Å²) in [5.74, 6) is -2.36. The summed E-state index contributed by atoms with van der Waals surface area (Å²) in [4.78, 5) is 51.3. The standard InChI is InChI=1S/C24H24N2O7S/c1-4-31-23(29)17-14(3)19(24(30)32-5-2)34-22(17)26-20(18(27)15-10-7-6-8-11-15)25-21(28)16-12-9-13-33-16/h6-13,20,26H,4-5H2,1-3H3,(H,25,28). The zero-order chi connectivity index (χ0) is 24.7. The van der Waals surface area contributed by atoms with E-state index in [-0.39, 0.29) is 34.4 Å². The molecule has 0 saturated carbocycles. The number of carbonyl (C=O) groups excluding carboxylic acids is 4. The van der Waals surface area contributed by atoms with Gasteiger partial charge >= 0.3 is 11.9 Å². The lowest BCUT2D eigenvalue weighted by molar-refractivity contribution is 0.0526. The van der Waals surface area contributed by atoms with Gasteiger partial charge in [0.2, 0.25) is 5.78 Å². The Balaban J connectivity index is 2.02. The van der Waals surface area contributed by atoms with Crippen molar-refractivity contribution in [3.8, 4) is 0 Å². The molecular weight excluding hydrogens is 460 g/mol. The van der Waals surface area contributed by atoms with Crippen LogP contribution in [0.25, 0.3) is 0 Å². The number of furan rings is 1. The molecule has 0 radical (unpaired) electrons. The van der Waals surface area contributed by atoms with E-state index in [9.17, 15) is 19.2 Å². The second kappa shape index (κ2) is 11.3. The van der Waals surface area contributed by atoms with Gasteiger partial charge in [0.15, 0.2) is 11.9 Å². The number of Topliss-reactive ketones (excluding diaryl/α,β-unsaturated/α-hetero) is 1. The van der Waals surface area contributed by atoms with Crippen LogP contribution in [0.2, 0.25) is 0 Å². The number of ketones is 1.